The molecule has 0 aliphatic carbocycles. The van der Waals surface area contributed by atoms with Crippen LogP contribution in [-0.2, 0) is 63.7 Å². The van der Waals surface area contributed by atoms with E-state index < -0.39 is 28.0 Å². The van der Waals surface area contributed by atoms with Gasteiger partial charge in [-0.2, -0.15) is 0 Å². The fourth-order valence-electron chi connectivity index (χ4n) is 7.65. The Balaban J connectivity index is 0.000000248. The number of hydrogen-bond acceptors (Lipinski definition) is 10. The molecule has 1 saturated heterocycles. The number of amides is 2. The van der Waals surface area contributed by atoms with Gasteiger partial charge >= 0.3 is 18.0 Å². The molecule has 3 heterocycles. The molecule has 4 aromatic rings. The third-order valence-corrected chi connectivity index (χ3v) is 10.9. The highest BCUT2D eigenvalue weighted by molar-refractivity contribution is 5.86. The van der Waals surface area contributed by atoms with Gasteiger partial charge in [0.2, 0.25) is 5.91 Å². The second-order valence-corrected chi connectivity index (χ2v) is 16.8. The summed E-state index contributed by atoms with van der Waals surface area (Å²) in [5.41, 5.74) is 6.81. The van der Waals surface area contributed by atoms with Crippen LogP contribution in [0.3, 0.4) is 0 Å². The van der Waals surface area contributed by atoms with Crippen LogP contribution in [0.25, 0.3) is 0 Å². The monoisotopic (exact) mass is 809 g/mol. The molecule has 13 heteroatoms. The van der Waals surface area contributed by atoms with Crippen LogP contribution in [0.5, 0.6) is 0 Å². The number of carbonyl (C=O) groups excluding carboxylic acids is 4. The summed E-state index contributed by atoms with van der Waals surface area (Å²) < 4.78 is 23.8. The SMILES string of the molecule is COC(=O)C1(c2ccccc2)CCN(C(=O)OC(C)(C)C)CC1.COC(=O)C1(c2ccccc2)CCn2c(cnc2[C@@H](COCc2ccccc2)NC(=O)C(C)(C)N)C1. The van der Waals surface area contributed by atoms with Crippen LogP contribution in [0.1, 0.15) is 88.1 Å². The summed E-state index contributed by atoms with van der Waals surface area (Å²) >= 11 is 0. The number of fused-ring (bicyclic) bond motifs is 1. The van der Waals surface area contributed by atoms with Gasteiger partial charge < -0.3 is 39.5 Å². The second-order valence-electron chi connectivity index (χ2n) is 16.8. The molecule has 2 atom stereocenters. The van der Waals surface area contributed by atoms with Crippen LogP contribution < -0.4 is 11.1 Å². The number of hydrogen-bond donors (Lipinski definition) is 2. The van der Waals surface area contributed by atoms with E-state index in [2.05, 4.69) is 14.9 Å². The smallest absolute Gasteiger partial charge is 0.410 e. The maximum absolute atomic E-state index is 13.0. The molecule has 316 valence electrons. The Morgan fingerprint density at radius 1 is 0.763 bits per heavy atom. The Kier molecular flexibility index (Phi) is 14.4. The normalized spacial score (nSPS) is 17.9. The van der Waals surface area contributed by atoms with Crippen LogP contribution in [-0.4, -0.2) is 83.4 Å². The van der Waals surface area contributed by atoms with E-state index in [0.717, 1.165) is 22.4 Å². The lowest BCUT2D eigenvalue weighted by Gasteiger charge is -2.40. The van der Waals surface area contributed by atoms with Gasteiger partial charge in [0.05, 0.1) is 38.4 Å². The number of piperidine rings is 1. The number of nitrogens with two attached hydrogens (primary N) is 1. The first-order chi connectivity index (χ1) is 28.0. The van der Waals surface area contributed by atoms with Crippen molar-refractivity contribution in [2.75, 3.05) is 33.9 Å². The average molecular weight is 810 g/mol. The molecule has 13 nitrogen and oxygen atoms in total. The van der Waals surface area contributed by atoms with Crippen molar-refractivity contribution in [1.82, 2.24) is 19.8 Å². The maximum atomic E-state index is 13.0. The molecule has 3 N–H and O–H groups in total. The van der Waals surface area contributed by atoms with Gasteiger partial charge in [0.1, 0.15) is 22.9 Å². The summed E-state index contributed by atoms with van der Waals surface area (Å²) in [7, 11) is 2.84. The zero-order valence-corrected chi connectivity index (χ0v) is 35.4. The number of nitrogens with one attached hydrogen (secondary N) is 1. The first kappa shape index (κ1) is 44.6. The third kappa shape index (κ3) is 10.8. The highest BCUT2D eigenvalue weighted by atomic mass is 16.6. The molecule has 0 bridgehead atoms. The van der Waals surface area contributed by atoms with E-state index in [4.69, 9.17) is 24.7 Å². The quantitative estimate of drug-likeness (QED) is 0.132. The number of rotatable bonds is 11. The summed E-state index contributed by atoms with van der Waals surface area (Å²) in [6.45, 7) is 11.0. The number of methoxy groups -OCH3 is 2. The van der Waals surface area contributed by atoms with Crippen LogP contribution in [0.2, 0.25) is 0 Å². The number of ether oxygens (including phenoxy) is 4. The molecule has 6 rings (SSSR count). The van der Waals surface area contributed by atoms with Gasteiger partial charge in [0.25, 0.3) is 0 Å². The number of esters is 2. The minimum Gasteiger partial charge on any atom is -0.468 e. The number of imidazole rings is 1. The topological polar surface area (TPSA) is 164 Å². The number of carbonyl (C=O) groups is 4. The number of likely N-dealkylation sites (tertiary alicyclic amines) is 1. The van der Waals surface area contributed by atoms with Crippen molar-refractivity contribution in [3.05, 3.63) is 125 Å². The number of aromatic nitrogens is 2. The van der Waals surface area contributed by atoms with Crippen molar-refractivity contribution < 1.29 is 38.1 Å². The van der Waals surface area contributed by atoms with Gasteiger partial charge in [-0.3, -0.25) is 14.4 Å². The first-order valence-electron chi connectivity index (χ1n) is 20.0. The summed E-state index contributed by atoms with van der Waals surface area (Å²) in [5.74, 6) is -0.115. The Hall–Kier alpha value is -5.53. The summed E-state index contributed by atoms with van der Waals surface area (Å²) in [5, 5.41) is 3.02. The molecular formula is C46H59N5O8. The largest absolute Gasteiger partial charge is 0.468 e. The molecule has 2 aliphatic heterocycles. The van der Waals surface area contributed by atoms with Crippen molar-refractivity contribution in [2.24, 2.45) is 5.73 Å². The zero-order chi connectivity index (χ0) is 42.8. The second kappa shape index (κ2) is 19.0. The van der Waals surface area contributed by atoms with Gasteiger partial charge in [-0.25, -0.2) is 9.78 Å². The van der Waals surface area contributed by atoms with Gasteiger partial charge in [0.15, 0.2) is 0 Å². The molecule has 0 saturated carbocycles. The van der Waals surface area contributed by atoms with Gasteiger partial charge in [0, 0.05) is 37.9 Å². The molecule has 2 aliphatic rings. The van der Waals surface area contributed by atoms with Gasteiger partial charge in [-0.15, -0.1) is 0 Å². The van der Waals surface area contributed by atoms with E-state index >= 15 is 0 Å². The molecule has 59 heavy (non-hydrogen) atoms. The number of nitrogens with zero attached hydrogens (tertiary/aromatic N) is 3. The summed E-state index contributed by atoms with van der Waals surface area (Å²) in [6, 6.07) is 28.7. The van der Waals surface area contributed by atoms with Crippen molar-refractivity contribution in [3.8, 4) is 0 Å². The van der Waals surface area contributed by atoms with Crippen LogP contribution in [0.15, 0.2) is 97.2 Å². The fourth-order valence-corrected chi connectivity index (χ4v) is 7.65. The van der Waals surface area contributed by atoms with E-state index in [9.17, 15) is 19.2 Å². The maximum Gasteiger partial charge on any atom is 0.410 e. The predicted molar refractivity (Wildman–Crippen MR) is 223 cm³/mol. The van der Waals surface area contributed by atoms with E-state index in [0.29, 0.717) is 57.7 Å². The van der Waals surface area contributed by atoms with E-state index in [1.807, 2.05) is 112 Å². The van der Waals surface area contributed by atoms with Crippen molar-refractivity contribution in [2.45, 2.75) is 101 Å². The minimum absolute atomic E-state index is 0.230. The highest BCUT2D eigenvalue weighted by Gasteiger charge is 2.46. The van der Waals surface area contributed by atoms with E-state index in [1.165, 1.54) is 14.2 Å². The molecular weight excluding hydrogens is 751 g/mol. The number of benzene rings is 3. The molecule has 0 radical (unpaired) electrons. The first-order valence-corrected chi connectivity index (χ1v) is 20.0. The fraction of sp³-hybridized carbons (Fsp3) is 0.457. The summed E-state index contributed by atoms with van der Waals surface area (Å²) in [4.78, 5) is 56.8. The van der Waals surface area contributed by atoms with Crippen molar-refractivity contribution >= 4 is 23.9 Å². The average Bonchev–Trinajstić information content (AvgIpc) is 3.66. The molecule has 1 fully saturated rings. The van der Waals surface area contributed by atoms with Crippen LogP contribution in [0, 0.1) is 0 Å². The lowest BCUT2D eigenvalue weighted by Crippen LogP contribution is -2.51. The molecule has 3 aromatic carbocycles. The standard InChI is InChI=1S/C28H34N4O4.C18H25NO4/c1-27(2,29)25(33)31-23(19-36-18-20-10-6-4-7-11-20)24-30-17-22-16-28(26(34)35-3,14-15-32(22)24)21-12-8-5-9-13-21;1-17(2,3)23-16(21)19-12-10-18(11-13-19,15(20)22-4)14-8-6-5-7-9-14/h4-13,17,23H,14-16,18-19,29H2,1-3H3,(H,31,33);5-9H,10-13H2,1-4H3/t23-,28?;/m1./s1. The van der Waals surface area contributed by atoms with E-state index in [-0.39, 0.29) is 30.5 Å². The molecule has 1 unspecified atom stereocenters. The molecule has 1 aromatic heterocycles. The lowest BCUT2D eigenvalue weighted by molar-refractivity contribution is -0.150. The van der Waals surface area contributed by atoms with E-state index in [1.54, 1.807) is 24.9 Å². The predicted octanol–water partition coefficient (Wildman–Crippen LogP) is 6.18. The zero-order valence-electron chi connectivity index (χ0n) is 35.4. The Morgan fingerprint density at radius 2 is 1.27 bits per heavy atom. The Labute approximate surface area is 347 Å². The Morgan fingerprint density at radius 3 is 1.80 bits per heavy atom. The molecule has 2 amide bonds. The van der Waals surface area contributed by atoms with Crippen molar-refractivity contribution in [1.29, 1.82) is 0 Å². The minimum atomic E-state index is -1.05. The summed E-state index contributed by atoms with van der Waals surface area (Å²) in [6.07, 6.45) is 3.51. The Bertz CT molecular complexity index is 2020. The lowest BCUT2D eigenvalue weighted by atomic mass is 9.72. The molecule has 0 spiro atoms. The van der Waals surface area contributed by atoms with Gasteiger partial charge in [-0.05, 0) is 70.6 Å². The van der Waals surface area contributed by atoms with Crippen LogP contribution in [0.4, 0.5) is 4.79 Å². The third-order valence-electron chi connectivity index (χ3n) is 10.9. The highest BCUT2D eigenvalue weighted by Crippen LogP contribution is 2.39. The van der Waals surface area contributed by atoms with Gasteiger partial charge in [-0.1, -0.05) is 91.0 Å². The van der Waals surface area contributed by atoms with Crippen molar-refractivity contribution in [3.63, 3.8) is 0 Å². The van der Waals surface area contributed by atoms with Crippen LogP contribution >= 0.6 is 0 Å².